The summed E-state index contributed by atoms with van der Waals surface area (Å²) < 4.78 is 19.0. The molecule has 1 aliphatic rings. The summed E-state index contributed by atoms with van der Waals surface area (Å²) in [5, 5.41) is 3.60. The molecule has 0 spiro atoms. The molecule has 1 saturated heterocycles. The first-order valence-corrected chi connectivity index (χ1v) is 8.37. The fourth-order valence-electron chi connectivity index (χ4n) is 3.04. The van der Waals surface area contributed by atoms with E-state index in [0.29, 0.717) is 12.1 Å². The van der Waals surface area contributed by atoms with Crippen LogP contribution in [0.3, 0.4) is 0 Å². The molecule has 0 aromatic heterocycles. The van der Waals surface area contributed by atoms with Crippen molar-refractivity contribution in [3.8, 4) is 0 Å². The van der Waals surface area contributed by atoms with Crippen LogP contribution in [-0.2, 0) is 11.2 Å². The Morgan fingerprint density at radius 1 is 1.43 bits per heavy atom. The van der Waals surface area contributed by atoms with E-state index in [-0.39, 0.29) is 5.82 Å². The van der Waals surface area contributed by atoms with Crippen LogP contribution in [0.15, 0.2) is 24.3 Å². The molecule has 1 aliphatic heterocycles. The lowest BCUT2D eigenvalue weighted by Gasteiger charge is -2.19. The largest absolute Gasteiger partial charge is 0.378 e. The summed E-state index contributed by atoms with van der Waals surface area (Å²) in [4.78, 5) is 0. The van der Waals surface area contributed by atoms with Gasteiger partial charge in [-0.15, -0.1) is 0 Å². The molecule has 0 aliphatic carbocycles. The van der Waals surface area contributed by atoms with E-state index in [4.69, 9.17) is 4.74 Å². The topological polar surface area (TPSA) is 21.3 Å². The fraction of sp³-hybridized carbons (Fsp3) is 0.667. The van der Waals surface area contributed by atoms with Crippen LogP contribution in [0.25, 0.3) is 0 Å². The van der Waals surface area contributed by atoms with Gasteiger partial charge in [0, 0.05) is 12.6 Å². The SMILES string of the molecule is CCCNC(CCCC1CCCO1)Cc1cccc(F)c1. The van der Waals surface area contributed by atoms with E-state index in [1.165, 1.54) is 25.3 Å². The minimum Gasteiger partial charge on any atom is -0.378 e. The Bertz CT molecular complexity index is 404. The molecule has 0 amide bonds. The second-order valence-corrected chi connectivity index (χ2v) is 6.05. The third kappa shape index (κ3) is 6.15. The molecule has 1 aromatic carbocycles. The molecule has 1 N–H and O–H groups in total. The average molecular weight is 293 g/mol. The van der Waals surface area contributed by atoms with Gasteiger partial charge in [0.05, 0.1) is 6.10 Å². The van der Waals surface area contributed by atoms with Gasteiger partial charge < -0.3 is 10.1 Å². The summed E-state index contributed by atoms with van der Waals surface area (Å²) in [5.41, 5.74) is 1.08. The number of halogens is 1. The second kappa shape index (κ2) is 9.16. The normalized spacial score (nSPS) is 19.8. The summed E-state index contributed by atoms with van der Waals surface area (Å²) in [7, 11) is 0. The van der Waals surface area contributed by atoms with E-state index in [1.807, 2.05) is 6.07 Å². The molecule has 2 unspecified atom stereocenters. The fourth-order valence-corrected chi connectivity index (χ4v) is 3.04. The van der Waals surface area contributed by atoms with Gasteiger partial charge in [0.15, 0.2) is 0 Å². The Morgan fingerprint density at radius 3 is 3.05 bits per heavy atom. The van der Waals surface area contributed by atoms with Crippen molar-refractivity contribution in [1.82, 2.24) is 5.32 Å². The van der Waals surface area contributed by atoms with E-state index < -0.39 is 0 Å². The minimum absolute atomic E-state index is 0.138. The van der Waals surface area contributed by atoms with Gasteiger partial charge in [-0.05, 0) is 69.2 Å². The number of benzene rings is 1. The lowest BCUT2D eigenvalue weighted by Crippen LogP contribution is -2.32. The molecule has 2 rings (SSSR count). The highest BCUT2D eigenvalue weighted by Gasteiger charge is 2.16. The van der Waals surface area contributed by atoms with E-state index in [1.54, 1.807) is 12.1 Å². The molecule has 21 heavy (non-hydrogen) atoms. The van der Waals surface area contributed by atoms with Crippen molar-refractivity contribution in [2.24, 2.45) is 0 Å². The van der Waals surface area contributed by atoms with E-state index in [2.05, 4.69) is 12.2 Å². The number of ether oxygens (including phenoxy) is 1. The summed E-state index contributed by atoms with van der Waals surface area (Å²) in [5.74, 6) is -0.138. The van der Waals surface area contributed by atoms with Gasteiger partial charge in [0.2, 0.25) is 0 Å². The van der Waals surface area contributed by atoms with Crippen molar-refractivity contribution in [2.75, 3.05) is 13.2 Å². The maximum Gasteiger partial charge on any atom is 0.123 e. The molecule has 2 atom stereocenters. The second-order valence-electron chi connectivity index (χ2n) is 6.05. The zero-order chi connectivity index (χ0) is 14.9. The Hall–Kier alpha value is -0.930. The Balaban J connectivity index is 1.78. The lowest BCUT2D eigenvalue weighted by atomic mass is 9.99. The van der Waals surface area contributed by atoms with Gasteiger partial charge in [-0.25, -0.2) is 4.39 Å². The van der Waals surface area contributed by atoms with Crippen LogP contribution < -0.4 is 5.32 Å². The van der Waals surface area contributed by atoms with Crippen LogP contribution in [0.1, 0.15) is 51.0 Å². The Morgan fingerprint density at radius 2 is 2.33 bits per heavy atom. The van der Waals surface area contributed by atoms with Gasteiger partial charge in [-0.2, -0.15) is 0 Å². The molecular weight excluding hydrogens is 265 g/mol. The maximum atomic E-state index is 13.3. The monoisotopic (exact) mass is 293 g/mol. The Kier molecular flexibility index (Phi) is 7.17. The average Bonchev–Trinajstić information content (AvgIpc) is 2.98. The molecule has 2 nitrogen and oxygen atoms in total. The van der Waals surface area contributed by atoms with Crippen LogP contribution in [-0.4, -0.2) is 25.3 Å². The molecule has 3 heteroatoms. The van der Waals surface area contributed by atoms with Crippen molar-refractivity contribution >= 4 is 0 Å². The quantitative estimate of drug-likeness (QED) is 0.740. The molecular formula is C18H28FNO. The highest BCUT2D eigenvalue weighted by Crippen LogP contribution is 2.19. The molecule has 1 heterocycles. The van der Waals surface area contributed by atoms with Gasteiger partial charge in [0.1, 0.15) is 5.82 Å². The van der Waals surface area contributed by atoms with Crippen molar-refractivity contribution < 1.29 is 9.13 Å². The zero-order valence-electron chi connectivity index (χ0n) is 13.1. The smallest absolute Gasteiger partial charge is 0.123 e. The Labute approximate surface area is 128 Å². The summed E-state index contributed by atoms with van der Waals surface area (Å²) in [6.45, 7) is 4.14. The van der Waals surface area contributed by atoms with Crippen molar-refractivity contribution in [3.63, 3.8) is 0 Å². The highest BCUT2D eigenvalue weighted by molar-refractivity contribution is 5.17. The van der Waals surface area contributed by atoms with Gasteiger partial charge in [-0.1, -0.05) is 19.1 Å². The van der Waals surface area contributed by atoms with Crippen LogP contribution in [0.5, 0.6) is 0 Å². The third-order valence-corrected chi connectivity index (χ3v) is 4.16. The van der Waals surface area contributed by atoms with Crippen LogP contribution >= 0.6 is 0 Å². The standard InChI is InChI=1S/C18H28FNO/c1-2-11-20-17(8-4-9-18-10-5-12-21-18)14-15-6-3-7-16(19)13-15/h3,6-7,13,17-18,20H,2,4-5,8-12,14H2,1H3. The molecule has 0 saturated carbocycles. The maximum absolute atomic E-state index is 13.3. The van der Waals surface area contributed by atoms with Crippen molar-refractivity contribution in [3.05, 3.63) is 35.6 Å². The predicted molar refractivity (Wildman–Crippen MR) is 85.0 cm³/mol. The molecule has 0 bridgehead atoms. The molecule has 1 aromatic rings. The van der Waals surface area contributed by atoms with E-state index in [0.717, 1.165) is 44.4 Å². The predicted octanol–water partition coefficient (Wildman–Crippen LogP) is 4.09. The lowest BCUT2D eigenvalue weighted by molar-refractivity contribution is 0.101. The molecule has 118 valence electrons. The van der Waals surface area contributed by atoms with Gasteiger partial charge >= 0.3 is 0 Å². The van der Waals surface area contributed by atoms with E-state index in [9.17, 15) is 4.39 Å². The van der Waals surface area contributed by atoms with E-state index >= 15 is 0 Å². The first kappa shape index (κ1) is 16.4. The van der Waals surface area contributed by atoms with Crippen molar-refractivity contribution in [1.29, 1.82) is 0 Å². The highest BCUT2D eigenvalue weighted by atomic mass is 19.1. The number of nitrogens with one attached hydrogen (secondary N) is 1. The summed E-state index contributed by atoms with van der Waals surface area (Å²) >= 11 is 0. The van der Waals surface area contributed by atoms with Crippen molar-refractivity contribution in [2.45, 2.75) is 64.0 Å². The first-order chi connectivity index (χ1) is 10.3. The first-order valence-electron chi connectivity index (χ1n) is 8.37. The van der Waals surface area contributed by atoms with Crippen LogP contribution in [0.4, 0.5) is 4.39 Å². The minimum atomic E-state index is -0.138. The van der Waals surface area contributed by atoms with Gasteiger partial charge in [0.25, 0.3) is 0 Å². The summed E-state index contributed by atoms with van der Waals surface area (Å²) in [6, 6.07) is 7.42. The molecule has 1 fully saturated rings. The van der Waals surface area contributed by atoms with Crippen LogP contribution in [0, 0.1) is 5.82 Å². The number of hydrogen-bond acceptors (Lipinski definition) is 2. The van der Waals surface area contributed by atoms with Crippen LogP contribution in [0.2, 0.25) is 0 Å². The summed E-state index contributed by atoms with van der Waals surface area (Å²) in [6.07, 6.45) is 8.42. The third-order valence-electron chi connectivity index (χ3n) is 4.16. The molecule has 0 radical (unpaired) electrons. The zero-order valence-corrected chi connectivity index (χ0v) is 13.1. The number of hydrogen-bond donors (Lipinski definition) is 1. The number of rotatable bonds is 9. The van der Waals surface area contributed by atoms with Gasteiger partial charge in [-0.3, -0.25) is 0 Å².